The molecule has 300 valence electrons. The monoisotopic (exact) mass is 753 g/mol. The minimum atomic E-state index is -1.49. The number of hydrogen-bond donors (Lipinski definition) is 1. The number of nitrogens with one attached hydrogen (secondary N) is 1. The summed E-state index contributed by atoms with van der Waals surface area (Å²) in [4.78, 5) is 68.1. The van der Waals surface area contributed by atoms with Gasteiger partial charge in [-0.2, -0.15) is 5.26 Å². The maximum atomic E-state index is 14.2. The van der Waals surface area contributed by atoms with Gasteiger partial charge >= 0.3 is 24.1 Å². The van der Waals surface area contributed by atoms with Crippen molar-refractivity contribution in [3.63, 3.8) is 0 Å². The van der Waals surface area contributed by atoms with Crippen molar-refractivity contribution >= 4 is 30.0 Å². The van der Waals surface area contributed by atoms with Gasteiger partial charge in [0.05, 0.1) is 48.3 Å². The topological polar surface area (TPSA) is 198 Å². The normalized spacial score (nSPS) is 39.9. The largest absolute Gasteiger partial charge is 0.509 e. The second-order valence-electron chi connectivity index (χ2n) is 15.3. The van der Waals surface area contributed by atoms with Gasteiger partial charge < -0.3 is 48.1 Å². The van der Waals surface area contributed by atoms with Crippen molar-refractivity contribution in [2.45, 2.75) is 161 Å². The summed E-state index contributed by atoms with van der Waals surface area (Å²) in [5.41, 5.74) is -2.82. The molecule has 3 rings (SSSR count). The quantitative estimate of drug-likeness (QED) is 0.265. The molecule has 0 aromatic heterocycles. The average Bonchev–Trinajstić information content (AvgIpc) is 3.40. The molecule has 3 heterocycles. The SMILES string of the molecule is CC[C@H]1OC(=O)[C@H](C)[C@@H](OC(=O)CCC#N)[C@H](C)[C@H](O[C@@H]2O[C@H](C)C[C@H](N(C)C)[C@@H]2OC(C)=O)[C@](C)(OC)C[C@@H](C)C(=O)N[C@H](C)[C@@H]2OC(=O)O[C@]12C. The number of fused-ring (bicyclic) bond motifs is 1. The molecular weight excluding hydrogens is 694 g/mol. The second kappa shape index (κ2) is 18.2. The van der Waals surface area contributed by atoms with Gasteiger partial charge in [-0.15, -0.1) is 0 Å². The fourth-order valence-corrected chi connectivity index (χ4v) is 7.91. The first kappa shape index (κ1) is 43.9. The molecule has 3 aliphatic rings. The lowest BCUT2D eigenvalue weighted by molar-refractivity contribution is -0.303. The van der Waals surface area contributed by atoms with Crippen molar-refractivity contribution in [3.05, 3.63) is 0 Å². The van der Waals surface area contributed by atoms with E-state index >= 15 is 0 Å². The van der Waals surface area contributed by atoms with E-state index in [0.29, 0.717) is 6.42 Å². The van der Waals surface area contributed by atoms with Crippen molar-refractivity contribution < 1.29 is 61.9 Å². The number of rotatable bonds is 9. The Bertz CT molecular complexity index is 1370. The maximum Gasteiger partial charge on any atom is 0.509 e. The Balaban J connectivity index is 2.23. The van der Waals surface area contributed by atoms with Crippen molar-refractivity contribution in [1.29, 1.82) is 5.26 Å². The van der Waals surface area contributed by atoms with Crippen LogP contribution < -0.4 is 5.32 Å². The molecule has 0 aliphatic carbocycles. The number of cyclic esters (lactones) is 1. The van der Waals surface area contributed by atoms with Crippen LogP contribution in [0.3, 0.4) is 0 Å². The summed E-state index contributed by atoms with van der Waals surface area (Å²) in [6.45, 7) is 14.9. The molecule has 3 saturated heterocycles. The molecule has 3 aliphatic heterocycles. The molecule has 14 atom stereocenters. The van der Waals surface area contributed by atoms with Crippen LogP contribution in [0.2, 0.25) is 0 Å². The molecular formula is C37H59N3O13. The maximum absolute atomic E-state index is 14.2. The fraction of sp³-hybridized carbons (Fsp3) is 0.838. The number of hydrogen-bond acceptors (Lipinski definition) is 15. The van der Waals surface area contributed by atoms with E-state index in [0.717, 1.165) is 0 Å². The summed E-state index contributed by atoms with van der Waals surface area (Å²) in [5, 5.41) is 12.1. The number of esters is 3. The molecule has 0 spiro atoms. The Morgan fingerprint density at radius 1 is 1.04 bits per heavy atom. The van der Waals surface area contributed by atoms with Crippen LogP contribution in [-0.2, 0) is 57.1 Å². The number of likely N-dealkylation sites (N-methyl/N-ethyl adjacent to an activating group) is 1. The van der Waals surface area contributed by atoms with E-state index in [9.17, 15) is 29.2 Å². The van der Waals surface area contributed by atoms with Crippen LogP contribution >= 0.6 is 0 Å². The van der Waals surface area contributed by atoms with Crippen LogP contribution in [0.5, 0.6) is 0 Å². The molecule has 1 N–H and O–H groups in total. The highest BCUT2D eigenvalue weighted by molar-refractivity contribution is 5.79. The molecule has 0 saturated carbocycles. The molecule has 16 heteroatoms. The van der Waals surface area contributed by atoms with E-state index in [-0.39, 0.29) is 37.8 Å². The van der Waals surface area contributed by atoms with Gasteiger partial charge in [-0.25, -0.2) is 4.79 Å². The van der Waals surface area contributed by atoms with E-state index in [1.165, 1.54) is 14.0 Å². The highest BCUT2D eigenvalue weighted by Crippen LogP contribution is 2.41. The predicted octanol–water partition coefficient (Wildman–Crippen LogP) is 3.42. The minimum Gasteiger partial charge on any atom is -0.461 e. The van der Waals surface area contributed by atoms with Gasteiger partial charge in [0.15, 0.2) is 24.1 Å². The summed E-state index contributed by atoms with van der Waals surface area (Å²) >= 11 is 0. The Morgan fingerprint density at radius 2 is 1.70 bits per heavy atom. The average molecular weight is 754 g/mol. The summed E-state index contributed by atoms with van der Waals surface area (Å²) in [5.74, 6) is -5.17. The predicted molar refractivity (Wildman–Crippen MR) is 187 cm³/mol. The van der Waals surface area contributed by atoms with Crippen LogP contribution in [-0.4, -0.2) is 122 Å². The zero-order valence-electron chi connectivity index (χ0n) is 33.2. The molecule has 3 fully saturated rings. The second-order valence-corrected chi connectivity index (χ2v) is 15.3. The Morgan fingerprint density at radius 3 is 2.26 bits per heavy atom. The third kappa shape index (κ3) is 10.2. The van der Waals surface area contributed by atoms with Gasteiger partial charge in [0.1, 0.15) is 12.2 Å². The number of amides is 1. The van der Waals surface area contributed by atoms with Gasteiger partial charge in [-0.05, 0) is 68.0 Å². The fourth-order valence-electron chi connectivity index (χ4n) is 7.91. The third-order valence-corrected chi connectivity index (χ3v) is 10.8. The number of nitrogens with zero attached hydrogens (tertiary/aromatic N) is 2. The molecule has 0 radical (unpaired) electrons. The molecule has 0 aromatic carbocycles. The zero-order chi connectivity index (χ0) is 40.0. The highest BCUT2D eigenvalue weighted by Gasteiger charge is 2.58. The summed E-state index contributed by atoms with van der Waals surface area (Å²) in [6.07, 6.45) is -7.26. The van der Waals surface area contributed by atoms with Crippen LogP contribution in [0.25, 0.3) is 0 Å². The lowest BCUT2D eigenvalue weighted by atomic mass is 9.77. The van der Waals surface area contributed by atoms with E-state index in [1.807, 2.05) is 32.0 Å². The van der Waals surface area contributed by atoms with Gasteiger partial charge in [0.2, 0.25) is 5.91 Å². The number of methoxy groups -OCH3 is 1. The first-order chi connectivity index (χ1) is 24.7. The van der Waals surface area contributed by atoms with Crippen LogP contribution in [0.4, 0.5) is 4.79 Å². The van der Waals surface area contributed by atoms with Gasteiger partial charge in [-0.1, -0.05) is 20.8 Å². The zero-order valence-corrected chi connectivity index (χ0v) is 33.2. The van der Waals surface area contributed by atoms with Gasteiger partial charge in [0, 0.05) is 32.3 Å². The van der Waals surface area contributed by atoms with Crippen LogP contribution in [0, 0.1) is 29.1 Å². The van der Waals surface area contributed by atoms with Crippen molar-refractivity contribution in [1.82, 2.24) is 10.2 Å². The van der Waals surface area contributed by atoms with Gasteiger partial charge in [0.25, 0.3) is 0 Å². The number of ether oxygens (including phenoxy) is 8. The smallest absolute Gasteiger partial charge is 0.461 e. The molecule has 16 nitrogen and oxygen atoms in total. The van der Waals surface area contributed by atoms with Crippen molar-refractivity contribution in [3.8, 4) is 6.07 Å². The van der Waals surface area contributed by atoms with E-state index in [1.54, 1.807) is 48.5 Å². The number of carbonyl (C=O) groups is 5. The third-order valence-electron chi connectivity index (χ3n) is 10.8. The molecule has 1 amide bonds. The van der Waals surface area contributed by atoms with E-state index in [2.05, 4.69) is 5.32 Å². The van der Waals surface area contributed by atoms with E-state index in [4.69, 9.17) is 37.9 Å². The highest BCUT2D eigenvalue weighted by atomic mass is 16.8. The molecule has 53 heavy (non-hydrogen) atoms. The van der Waals surface area contributed by atoms with Crippen LogP contribution in [0.15, 0.2) is 0 Å². The minimum absolute atomic E-state index is 0.0540. The van der Waals surface area contributed by atoms with Crippen LogP contribution in [0.1, 0.15) is 94.4 Å². The molecule has 0 aromatic rings. The Hall–Kier alpha value is -3.52. The lowest BCUT2D eigenvalue weighted by Gasteiger charge is -2.48. The first-order valence-corrected chi connectivity index (χ1v) is 18.4. The molecule has 0 unspecified atom stereocenters. The van der Waals surface area contributed by atoms with Crippen molar-refractivity contribution in [2.75, 3.05) is 21.2 Å². The molecule has 0 bridgehead atoms. The number of carbonyl (C=O) groups excluding carboxylic acids is 5. The summed E-state index contributed by atoms with van der Waals surface area (Å²) < 4.78 is 48.4. The van der Waals surface area contributed by atoms with Crippen molar-refractivity contribution in [2.24, 2.45) is 17.8 Å². The Labute approximate surface area is 312 Å². The van der Waals surface area contributed by atoms with Gasteiger partial charge in [-0.3, -0.25) is 19.2 Å². The van der Waals surface area contributed by atoms with E-state index < -0.39 is 102 Å². The lowest BCUT2D eigenvalue weighted by Crippen LogP contribution is -2.60. The summed E-state index contributed by atoms with van der Waals surface area (Å²) in [7, 11) is 5.18. The number of nitriles is 1. The first-order valence-electron chi connectivity index (χ1n) is 18.4. The summed E-state index contributed by atoms with van der Waals surface area (Å²) in [6, 6.07) is 0.857. The standard InChI is InChI=1S/C37H59N3O13/c1-13-26-37(9)31(52-35(45)53-37)23(6)39-32(43)19(2)18-36(8,46-12)30(21(4)28(22(5)33(44)49-26)50-27(42)15-14-16-38)51-34-29(48-24(7)41)25(40(10)11)17-20(3)47-34/h19-23,25-26,28-31,34H,13-15,17-18H2,1-12H3,(H,39,43)/t19-,20-,21+,22-,23-,25+,26-,28+,29+,30+,31+,34+,36-,37-/m1/s1. The Kier molecular flexibility index (Phi) is 15.1.